The fraction of sp³-hybridized carbons (Fsp3) is 0.385. The fourth-order valence-corrected chi connectivity index (χ4v) is 1.40. The van der Waals surface area contributed by atoms with Crippen molar-refractivity contribution in [3.63, 3.8) is 0 Å². The second kappa shape index (κ2) is 6.50. The summed E-state index contributed by atoms with van der Waals surface area (Å²) in [5, 5.41) is 20.7. The van der Waals surface area contributed by atoms with Gasteiger partial charge in [-0.15, -0.1) is 0 Å². The van der Waals surface area contributed by atoms with Crippen LogP contribution >= 0.6 is 0 Å². The van der Waals surface area contributed by atoms with E-state index in [0.29, 0.717) is 23.6 Å². The van der Waals surface area contributed by atoms with Crippen molar-refractivity contribution in [2.24, 2.45) is 5.16 Å². The summed E-state index contributed by atoms with van der Waals surface area (Å²) in [6.45, 7) is 3.55. The number of hydrogen-bond donors (Lipinski definition) is 1. The number of nitriles is 1. The average molecular weight is 248 g/mol. The molecule has 5 nitrogen and oxygen atoms in total. The van der Waals surface area contributed by atoms with Crippen LogP contribution in [0.15, 0.2) is 23.4 Å². The van der Waals surface area contributed by atoms with Crippen LogP contribution in [0.3, 0.4) is 0 Å². The van der Waals surface area contributed by atoms with E-state index in [4.69, 9.17) is 19.9 Å². The third-order valence-corrected chi connectivity index (χ3v) is 2.52. The molecule has 0 aliphatic rings. The van der Waals surface area contributed by atoms with Gasteiger partial charge in [0, 0.05) is 5.56 Å². The third kappa shape index (κ3) is 3.14. The Balaban J connectivity index is 3.04. The fourth-order valence-electron chi connectivity index (χ4n) is 1.40. The van der Waals surface area contributed by atoms with E-state index < -0.39 is 6.10 Å². The van der Waals surface area contributed by atoms with E-state index in [-0.39, 0.29) is 0 Å². The van der Waals surface area contributed by atoms with Gasteiger partial charge in [0.05, 0.1) is 12.8 Å². The number of rotatable bonds is 5. The number of methoxy groups -OCH3 is 1. The van der Waals surface area contributed by atoms with Gasteiger partial charge in [0.15, 0.2) is 17.6 Å². The zero-order valence-corrected chi connectivity index (χ0v) is 10.7. The Bertz CT molecular complexity index is 478. The molecule has 0 aliphatic heterocycles. The largest absolute Gasteiger partial charge is 0.493 e. The minimum Gasteiger partial charge on any atom is -0.493 e. The van der Waals surface area contributed by atoms with Crippen LogP contribution in [0.2, 0.25) is 0 Å². The quantitative estimate of drug-likeness (QED) is 0.493. The van der Waals surface area contributed by atoms with Crippen molar-refractivity contribution >= 4 is 5.71 Å². The van der Waals surface area contributed by atoms with Gasteiger partial charge < -0.3 is 14.7 Å². The first-order valence-electron chi connectivity index (χ1n) is 5.59. The van der Waals surface area contributed by atoms with Crippen LogP contribution < -0.4 is 9.47 Å². The second-order valence-corrected chi connectivity index (χ2v) is 3.69. The van der Waals surface area contributed by atoms with Crippen molar-refractivity contribution in [2.45, 2.75) is 26.4 Å². The second-order valence-electron chi connectivity index (χ2n) is 3.69. The summed E-state index contributed by atoms with van der Waals surface area (Å²) in [6.07, 6.45) is 0.0933. The van der Waals surface area contributed by atoms with E-state index >= 15 is 0 Å². The molecule has 1 aromatic carbocycles. The summed E-state index contributed by atoms with van der Waals surface area (Å²) in [5.74, 6) is 1.00. The van der Waals surface area contributed by atoms with Gasteiger partial charge in [-0.1, -0.05) is 12.1 Å². The molecule has 96 valence electrons. The van der Waals surface area contributed by atoms with Crippen LogP contribution in [0, 0.1) is 11.3 Å². The van der Waals surface area contributed by atoms with Gasteiger partial charge >= 0.3 is 0 Å². The van der Waals surface area contributed by atoms with E-state index in [1.54, 1.807) is 25.1 Å². The molecular formula is C13H16N2O3. The van der Waals surface area contributed by atoms with Crippen molar-refractivity contribution in [3.05, 3.63) is 23.8 Å². The lowest BCUT2D eigenvalue weighted by Gasteiger charge is -2.14. The first kappa shape index (κ1) is 13.8. The smallest absolute Gasteiger partial charge is 0.184 e. The van der Waals surface area contributed by atoms with Crippen LogP contribution in [0.25, 0.3) is 0 Å². The van der Waals surface area contributed by atoms with Gasteiger partial charge in [-0.3, -0.25) is 0 Å². The maximum atomic E-state index is 8.86. The van der Waals surface area contributed by atoms with Crippen molar-refractivity contribution in [3.8, 4) is 17.6 Å². The maximum Gasteiger partial charge on any atom is 0.184 e. The molecule has 18 heavy (non-hydrogen) atoms. The predicted octanol–water partition coefficient (Wildman–Crippen LogP) is 2.57. The summed E-state index contributed by atoms with van der Waals surface area (Å²) < 4.78 is 10.7. The molecule has 0 aliphatic carbocycles. The maximum absolute atomic E-state index is 8.86. The van der Waals surface area contributed by atoms with Crippen molar-refractivity contribution in [2.75, 3.05) is 7.11 Å². The first-order chi connectivity index (χ1) is 8.65. The number of nitrogens with zero attached hydrogens (tertiary/aromatic N) is 2. The van der Waals surface area contributed by atoms with Gasteiger partial charge in [0.1, 0.15) is 6.07 Å². The zero-order chi connectivity index (χ0) is 13.5. The number of hydrogen-bond acceptors (Lipinski definition) is 5. The standard InChI is InChI=1S/C13H16N2O3/c1-4-11(8-14)18-12-6-5-10(9(2)15-16)7-13(12)17-3/h5-7,11,16H,4H2,1-3H3. The molecule has 0 amide bonds. The minimum atomic E-state index is -0.502. The predicted molar refractivity (Wildman–Crippen MR) is 67.3 cm³/mol. The Labute approximate surface area is 106 Å². The molecule has 0 aromatic heterocycles. The highest BCUT2D eigenvalue weighted by Gasteiger charge is 2.12. The molecule has 0 radical (unpaired) electrons. The van der Waals surface area contributed by atoms with E-state index in [0.717, 1.165) is 5.56 Å². The normalized spacial score (nSPS) is 12.7. The van der Waals surface area contributed by atoms with Crippen molar-refractivity contribution in [1.29, 1.82) is 5.26 Å². The van der Waals surface area contributed by atoms with Crippen molar-refractivity contribution in [1.82, 2.24) is 0 Å². The van der Waals surface area contributed by atoms with Gasteiger partial charge in [-0.05, 0) is 31.5 Å². The van der Waals surface area contributed by atoms with E-state index in [1.165, 1.54) is 7.11 Å². The molecular weight excluding hydrogens is 232 g/mol. The lowest BCUT2D eigenvalue weighted by Crippen LogP contribution is -2.13. The molecule has 5 heteroatoms. The molecule has 1 aromatic rings. The molecule has 0 heterocycles. The van der Waals surface area contributed by atoms with Crippen LogP contribution in [0.4, 0.5) is 0 Å². The SMILES string of the molecule is CCC(C#N)Oc1ccc(C(C)=NO)cc1OC. The number of ether oxygens (including phenoxy) is 2. The molecule has 0 saturated heterocycles. The van der Waals surface area contributed by atoms with Crippen LogP contribution in [0.5, 0.6) is 11.5 Å². The Morgan fingerprint density at radius 3 is 2.72 bits per heavy atom. The molecule has 1 unspecified atom stereocenters. The number of benzene rings is 1. The lowest BCUT2D eigenvalue weighted by molar-refractivity contribution is 0.239. The van der Waals surface area contributed by atoms with Crippen LogP contribution in [-0.2, 0) is 0 Å². The van der Waals surface area contributed by atoms with E-state index in [9.17, 15) is 0 Å². The molecule has 1 atom stereocenters. The summed E-state index contributed by atoms with van der Waals surface area (Å²) in [5.41, 5.74) is 1.21. The van der Waals surface area contributed by atoms with E-state index in [2.05, 4.69) is 11.2 Å². The molecule has 1 rings (SSSR count). The van der Waals surface area contributed by atoms with Gasteiger partial charge in [0.2, 0.25) is 0 Å². The van der Waals surface area contributed by atoms with Gasteiger partial charge in [0.25, 0.3) is 0 Å². The summed E-state index contributed by atoms with van der Waals surface area (Å²) >= 11 is 0. The Morgan fingerprint density at radius 2 is 2.22 bits per heavy atom. The molecule has 1 N–H and O–H groups in total. The summed E-state index contributed by atoms with van der Waals surface area (Å²) in [7, 11) is 1.52. The average Bonchev–Trinajstić information content (AvgIpc) is 2.43. The third-order valence-electron chi connectivity index (χ3n) is 2.52. The van der Waals surface area contributed by atoms with Crippen LogP contribution in [0.1, 0.15) is 25.8 Å². The van der Waals surface area contributed by atoms with Crippen molar-refractivity contribution < 1.29 is 14.7 Å². The zero-order valence-electron chi connectivity index (χ0n) is 10.7. The molecule has 0 bridgehead atoms. The molecule has 0 saturated carbocycles. The highest BCUT2D eigenvalue weighted by atomic mass is 16.5. The lowest BCUT2D eigenvalue weighted by atomic mass is 10.1. The minimum absolute atomic E-state index is 0.479. The monoisotopic (exact) mass is 248 g/mol. The molecule has 0 fully saturated rings. The Morgan fingerprint density at radius 1 is 1.50 bits per heavy atom. The van der Waals surface area contributed by atoms with Gasteiger partial charge in [-0.2, -0.15) is 5.26 Å². The molecule has 0 spiro atoms. The summed E-state index contributed by atoms with van der Waals surface area (Å²) in [6, 6.07) is 7.21. The highest BCUT2D eigenvalue weighted by molar-refractivity contribution is 5.98. The highest BCUT2D eigenvalue weighted by Crippen LogP contribution is 2.29. The number of oxime groups is 1. The van der Waals surface area contributed by atoms with Gasteiger partial charge in [-0.25, -0.2) is 0 Å². The topological polar surface area (TPSA) is 74.8 Å². The summed E-state index contributed by atoms with van der Waals surface area (Å²) in [4.78, 5) is 0. The Kier molecular flexibility index (Phi) is 5.00. The van der Waals surface area contributed by atoms with E-state index in [1.807, 2.05) is 6.92 Å². The van der Waals surface area contributed by atoms with Crippen LogP contribution in [-0.4, -0.2) is 24.1 Å². The Hall–Kier alpha value is -2.22. The first-order valence-corrected chi connectivity index (χ1v) is 5.59.